The van der Waals surface area contributed by atoms with Gasteiger partial charge in [0.1, 0.15) is 17.1 Å². The Bertz CT molecular complexity index is 1730. The molecule has 0 unspecified atom stereocenters. The van der Waals surface area contributed by atoms with Gasteiger partial charge in [0.25, 0.3) is 16.0 Å². The van der Waals surface area contributed by atoms with Gasteiger partial charge in [-0.05, 0) is 54.6 Å². The Morgan fingerprint density at radius 3 is 2.45 bits per heavy atom. The Morgan fingerprint density at radius 1 is 1.05 bits per heavy atom. The molecule has 2 N–H and O–H groups in total. The second-order valence-corrected chi connectivity index (χ2v) is 10.5. The van der Waals surface area contributed by atoms with Crippen LogP contribution < -0.4 is 44.7 Å². The summed E-state index contributed by atoms with van der Waals surface area (Å²) < 4.78 is 38.6. The standard InChI is InChI=1S/C27H23Cl2N3O6S.Na/c1-3-15-12-17(39(35,36)37)14-21(23(15)29)31-32-24-18-9-6-5-8-16(18)13-19(26(24)33)27(34)30-25-20(28)10-7-11-22(25)38-4-2;/h5-14,33H,3-4H2,1-2H3,(H,30,34)(H,35,36,37);/q;+1/p-1. The Morgan fingerprint density at radius 2 is 1.77 bits per heavy atom. The number of halogens is 2. The monoisotopic (exact) mass is 609 g/mol. The summed E-state index contributed by atoms with van der Waals surface area (Å²) >= 11 is 12.7. The number of aryl methyl sites for hydroxylation is 1. The van der Waals surface area contributed by atoms with Crippen LogP contribution >= 0.6 is 23.2 Å². The number of amides is 1. The number of hydrogen-bond acceptors (Lipinski definition) is 7. The number of carbonyl (C=O) groups excluding carboxylic acids is 1. The summed E-state index contributed by atoms with van der Waals surface area (Å²) in [6.45, 7) is 3.86. The van der Waals surface area contributed by atoms with E-state index in [2.05, 4.69) is 15.5 Å². The molecule has 0 radical (unpaired) electrons. The van der Waals surface area contributed by atoms with E-state index in [1.54, 1.807) is 56.3 Å². The minimum absolute atomic E-state index is 0. The molecule has 40 heavy (non-hydrogen) atoms. The van der Waals surface area contributed by atoms with Gasteiger partial charge in [-0.15, -0.1) is 5.11 Å². The van der Waals surface area contributed by atoms with Gasteiger partial charge in [0, 0.05) is 10.9 Å². The third-order valence-corrected chi connectivity index (χ3v) is 7.36. The summed E-state index contributed by atoms with van der Waals surface area (Å²) in [6, 6.07) is 15.4. The number of hydrogen-bond donors (Lipinski definition) is 2. The van der Waals surface area contributed by atoms with Crippen molar-refractivity contribution in [2.45, 2.75) is 25.2 Å². The molecule has 0 atom stereocenters. The van der Waals surface area contributed by atoms with Crippen molar-refractivity contribution >= 4 is 67.1 Å². The molecule has 0 spiro atoms. The van der Waals surface area contributed by atoms with Crippen LogP contribution in [0.15, 0.2) is 75.8 Å². The van der Waals surface area contributed by atoms with Crippen molar-refractivity contribution in [3.8, 4) is 11.5 Å². The molecule has 0 aliphatic carbocycles. The van der Waals surface area contributed by atoms with E-state index in [0.29, 0.717) is 35.1 Å². The number of carbonyl (C=O) groups is 1. The van der Waals surface area contributed by atoms with Gasteiger partial charge >= 0.3 is 29.6 Å². The van der Waals surface area contributed by atoms with Gasteiger partial charge < -0.3 is 15.2 Å². The number of para-hydroxylation sites is 1. The molecule has 0 aliphatic rings. The molecule has 0 heterocycles. The molecule has 0 aromatic heterocycles. The fraction of sp³-hybridized carbons (Fsp3) is 0.148. The van der Waals surface area contributed by atoms with E-state index in [-0.39, 0.29) is 62.2 Å². The molecule has 9 nitrogen and oxygen atoms in total. The summed E-state index contributed by atoms with van der Waals surface area (Å²) in [5.41, 5.74) is 0.166. The van der Waals surface area contributed by atoms with E-state index in [1.165, 1.54) is 12.1 Å². The number of nitrogens with zero attached hydrogens (tertiary/aromatic N) is 2. The number of azo groups is 1. The Hall–Kier alpha value is -2.70. The van der Waals surface area contributed by atoms with Crippen LogP contribution in [-0.4, -0.2) is 25.5 Å². The molecule has 0 bridgehead atoms. The van der Waals surface area contributed by atoms with Gasteiger partial charge in [-0.1, -0.05) is 66.2 Å². The number of anilines is 1. The molecule has 0 saturated carbocycles. The molecule has 0 aliphatic heterocycles. The third-order valence-electron chi connectivity index (χ3n) is 5.77. The largest absolute Gasteiger partial charge is 1.00 e. The fourth-order valence-electron chi connectivity index (χ4n) is 3.88. The summed E-state index contributed by atoms with van der Waals surface area (Å²) in [5, 5.41) is 25.6. The first-order chi connectivity index (χ1) is 18.5. The Kier molecular flexibility index (Phi) is 10.6. The van der Waals surface area contributed by atoms with Crippen LogP contribution in [-0.2, 0) is 16.5 Å². The normalized spacial score (nSPS) is 11.4. The summed E-state index contributed by atoms with van der Waals surface area (Å²) in [5.74, 6) is -1.12. The van der Waals surface area contributed by atoms with Gasteiger partial charge in [0.2, 0.25) is 0 Å². The van der Waals surface area contributed by atoms with Gasteiger partial charge in [-0.2, -0.15) is 13.5 Å². The quantitative estimate of drug-likeness (QED) is 0.175. The van der Waals surface area contributed by atoms with Crippen molar-refractivity contribution in [3.05, 3.63) is 81.8 Å². The van der Waals surface area contributed by atoms with E-state index in [1.807, 2.05) is 0 Å². The minimum atomic E-state index is -4.56. The second-order valence-electron chi connectivity index (χ2n) is 8.27. The number of nitrogens with one attached hydrogen (secondary N) is 1. The molecule has 4 aromatic carbocycles. The van der Waals surface area contributed by atoms with Gasteiger partial charge in [0.15, 0.2) is 0 Å². The van der Waals surface area contributed by atoms with E-state index in [4.69, 9.17) is 27.9 Å². The van der Waals surface area contributed by atoms with Crippen molar-refractivity contribution in [2.24, 2.45) is 10.2 Å². The maximum atomic E-state index is 13.5. The Balaban J connectivity index is 0.00000441. The molecule has 0 saturated heterocycles. The number of benzene rings is 4. The minimum Gasteiger partial charge on any atom is -0.870 e. The van der Waals surface area contributed by atoms with E-state index >= 15 is 0 Å². The zero-order chi connectivity index (χ0) is 28.3. The van der Waals surface area contributed by atoms with Crippen molar-refractivity contribution in [2.75, 3.05) is 11.9 Å². The maximum absolute atomic E-state index is 13.5. The average Bonchev–Trinajstić information content (AvgIpc) is 2.90. The maximum Gasteiger partial charge on any atom is 1.00 e. The van der Waals surface area contributed by atoms with E-state index in [0.717, 1.165) is 6.07 Å². The first-order valence-electron chi connectivity index (χ1n) is 11.7. The number of rotatable bonds is 8. The van der Waals surface area contributed by atoms with E-state index < -0.39 is 26.7 Å². The van der Waals surface area contributed by atoms with Crippen molar-refractivity contribution in [3.63, 3.8) is 0 Å². The van der Waals surface area contributed by atoms with Crippen LogP contribution in [0.25, 0.3) is 10.8 Å². The molecular formula is C27H22Cl2N3NaO6S. The molecule has 13 heteroatoms. The van der Waals surface area contributed by atoms with Crippen LogP contribution in [0.4, 0.5) is 17.1 Å². The van der Waals surface area contributed by atoms with Crippen molar-refractivity contribution in [1.82, 2.24) is 0 Å². The Labute approximate surface area is 263 Å². The second kappa shape index (κ2) is 13.3. The van der Waals surface area contributed by atoms with Crippen molar-refractivity contribution < 1.29 is 57.2 Å². The number of fused-ring (bicyclic) bond motifs is 1. The summed E-state index contributed by atoms with van der Waals surface area (Å²) in [7, 11) is -4.56. The van der Waals surface area contributed by atoms with Crippen molar-refractivity contribution in [1.29, 1.82) is 0 Å². The van der Waals surface area contributed by atoms with Crippen LogP contribution in [0.5, 0.6) is 11.5 Å². The molecule has 0 fully saturated rings. The molecule has 1 amide bonds. The van der Waals surface area contributed by atoms with Gasteiger partial charge in [-0.3, -0.25) is 9.35 Å². The third kappa shape index (κ3) is 6.77. The predicted molar refractivity (Wildman–Crippen MR) is 149 cm³/mol. The predicted octanol–water partition coefficient (Wildman–Crippen LogP) is 4.10. The first-order valence-corrected chi connectivity index (χ1v) is 13.9. The van der Waals surface area contributed by atoms with Gasteiger partial charge in [0.05, 0.1) is 27.2 Å². The van der Waals surface area contributed by atoms with Crippen LogP contribution in [0.1, 0.15) is 29.8 Å². The van der Waals surface area contributed by atoms with E-state index in [9.17, 15) is 22.9 Å². The zero-order valence-corrected chi connectivity index (χ0v) is 26.1. The summed E-state index contributed by atoms with van der Waals surface area (Å²) in [4.78, 5) is 12.9. The zero-order valence-electron chi connectivity index (χ0n) is 21.7. The molecule has 4 rings (SSSR count). The van der Waals surface area contributed by atoms with Crippen LogP contribution in [0.3, 0.4) is 0 Å². The number of ether oxygens (including phenoxy) is 1. The fourth-order valence-corrected chi connectivity index (χ4v) is 4.93. The topological polar surface area (TPSA) is 140 Å². The summed E-state index contributed by atoms with van der Waals surface area (Å²) in [6.07, 6.45) is 0.349. The molecule has 202 valence electrons. The van der Waals surface area contributed by atoms with Crippen LogP contribution in [0.2, 0.25) is 10.0 Å². The molecule has 4 aromatic rings. The smallest absolute Gasteiger partial charge is 0.870 e. The van der Waals surface area contributed by atoms with Gasteiger partial charge in [-0.25, -0.2) is 0 Å². The van der Waals surface area contributed by atoms with Crippen LogP contribution in [0, 0.1) is 0 Å². The molecular weight excluding hydrogens is 588 g/mol. The first kappa shape index (κ1) is 31.8. The average molecular weight is 610 g/mol. The SMILES string of the molecule is CCOc1cccc(Cl)c1NC(=O)c1cc2ccccc2c(N=Nc2cc(S(=O)(=O)O)cc(CC)c2Cl)c1[O-].[Na+].